The topological polar surface area (TPSA) is 106 Å². The summed E-state index contributed by atoms with van der Waals surface area (Å²) in [5, 5.41) is 3.09. The number of amides is 2. The minimum atomic E-state index is -0.617. The molecular weight excluding hydrogens is 449 g/mol. The molecule has 2 amide bonds. The van der Waals surface area contributed by atoms with Crippen molar-refractivity contribution >= 4 is 17.5 Å². The van der Waals surface area contributed by atoms with Gasteiger partial charge in [0.15, 0.2) is 11.3 Å². The monoisotopic (exact) mass is 471 g/mol. The maximum Gasteiger partial charge on any atom is 0.298 e. The molecule has 1 fully saturated rings. The number of hydrogen-bond donors (Lipinski definition) is 2. The van der Waals surface area contributed by atoms with Crippen molar-refractivity contribution in [2.45, 2.75) is 19.3 Å². The van der Waals surface area contributed by atoms with Gasteiger partial charge in [-0.05, 0) is 67.8 Å². The molecule has 1 aliphatic rings. The van der Waals surface area contributed by atoms with E-state index in [4.69, 9.17) is 15.5 Å². The molecule has 1 saturated heterocycles. The standard InChI is InChI=1S/C26H22FN5O3/c1-2-3-22(33)31-13-12-17(15-31)21-14-29-32-24(25(28)34)23(30-26(21)32)16-4-8-19(9-5-16)35-20-10-6-18(27)7-11-20/h4-11,14,17,29H,12-13,15H2,1H3,(H2,28,34). The normalized spacial score (nSPS) is 15.1. The summed E-state index contributed by atoms with van der Waals surface area (Å²) in [4.78, 5) is 31.0. The van der Waals surface area contributed by atoms with Crippen molar-refractivity contribution in [3.63, 3.8) is 0 Å². The SMILES string of the molecule is CC#CC(=O)N1CCC(c2c[nH]n3c(C(N)=O)c(-c4ccc(Oc5ccc(F)cc5)cc4)nc23)C1. The second-order valence-electron chi connectivity index (χ2n) is 8.25. The summed E-state index contributed by atoms with van der Waals surface area (Å²) in [6.07, 6.45) is 2.58. The smallest absolute Gasteiger partial charge is 0.298 e. The second-order valence-corrected chi connectivity index (χ2v) is 8.25. The lowest BCUT2D eigenvalue weighted by Crippen LogP contribution is -2.26. The number of rotatable bonds is 5. The number of nitrogens with two attached hydrogens (primary N) is 1. The lowest BCUT2D eigenvalue weighted by molar-refractivity contribution is -0.124. The van der Waals surface area contributed by atoms with Gasteiger partial charge in [0.1, 0.15) is 23.0 Å². The average Bonchev–Trinajstić information content (AvgIpc) is 3.56. The van der Waals surface area contributed by atoms with Gasteiger partial charge in [-0.2, -0.15) is 0 Å². The first-order chi connectivity index (χ1) is 16.9. The van der Waals surface area contributed by atoms with Gasteiger partial charge < -0.3 is 15.4 Å². The third-order valence-electron chi connectivity index (χ3n) is 6.04. The minimum Gasteiger partial charge on any atom is -0.457 e. The van der Waals surface area contributed by atoms with Gasteiger partial charge in [0.25, 0.3) is 11.8 Å². The summed E-state index contributed by atoms with van der Waals surface area (Å²) in [7, 11) is 0. The zero-order chi connectivity index (χ0) is 24.5. The largest absolute Gasteiger partial charge is 0.457 e. The van der Waals surface area contributed by atoms with Crippen molar-refractivity contribution in [1.82, 2.24) is 19.5 Å². The molecule has 0 bridgehead atoms. The Kier molecular flexibility index (Phi) is 5.71. The van der Waals surface area contributed by atoms with Crippen LogP contribution in [0.1, 0.15) is 35.3 Å². The van der Waals surface area contributed by atoms with Gasteiger partial charge in [-0.1, -0.05) is 5.92 Å². The molecule has 1 aliphatic heterocycles. The molecule has 0 saturated carbocycles. The molecule has 1 atom stereocenters. The molecule has 3 heterocycles. The Morgan fingerprint density at radius 3 is 2.49 bits per heavy atom. The summed E-state index contributed by atoms with van der Waals surface area (Å²) in [6, 6.07) is 12.8. The Balaban J connectivity index is 1.44. The quantitative estimate of drug-likeness (QED) is 0.433. The van der Waals surface area contributed by atoms with Crippen LogP contribution in [0, 0.1) is 17.7 Å². The molecule has 0 aliphatic carbocycles. The van der Waals surface area contributed by atoms with Gasteiger partial charge in [-0.25, -0.2) is 13.9 Å². The fraction of sp³-hybridized carbons (Fsp3) is 0.192. The van der Waals surface area contributed by atoms with E-state index < -0.39 is 5.91 Å². The number of aromatic nitrogens is 3. The van der Waals surface area contributed by atoms with Gasteiger partial charge in [-0.3, -0.25) is 14.7 Å². The van der Waals surface area contributed by atoms with Gasteiger partial charge in [0, 0.05) is 36.3 Å². The van der Waals surface area contributed by atoms with Crippen LogP contribution in [0.5, 0.6) is 11.5 Å². The number of carbonyl (C=O) groups excluding carboxylic acids is 2. The predicted molar refractivity (Wildman–Crippen MR) is 127 cm³/mol. The molecule has 0 radical (unpaired) electrons. The van der Waals surface area contributed by atoms with Gasteiger partial charge in [-0.15, -0.1) is 0 Å². The number of aromatic amines is 1. The Bertz CT molecular complexity index is 1480. The maximum atomic E-state index is 13.1. The zero-order valence-electron chi connectivity index (χ0n) is 18.9. The molecule has 8 nitrogen and oxygen atoms in total. The molecule has 4 aromatic rings. The first-order valence-corrected chi connectivity index (χ1v) is 11.1. The number of hydrogen-bond acceptors (Lipinski definition) is 4. The highest BCUT2D eigenvalue weighted by Crippen LogP contribution is 2.34. The average molecular weight is 471 g/mol. The highest BCUT2D eigenvalue weighted by atomic mass is 19.1. The van der Waals surface area contributed by atoms with Crippen LogP contribution in [0.2, 0.25) is 0 Å². The van der Waals surface area contributed by atoms with E-state index >= 15 is 0 Å². The van der Waals surface area contributed by atoms with E-state index in [2.05, 4.69) is 16.9 Å². The van der Waals surface area contributed by atoms with E-state index in [1.807, 2.05) is 6.20 Å². The third-order valence-corrected chi connectivity index (χ3v) is 6.04. The summed E-state index contributed by atoms with van der Waals surface area (Å²) >= 11 is 0. The van der Waals surface area contributed by atoms with Gasteiger partial charge in [0.2, 0.25) is 0 Å². The molecule has 176 valence electrons. The molecular formula is C26H22FN5O3. The van der Waals surface area contributed by atoms with E-state index in [-0.39, 0.29) is 23.3 Å². The van der Waals surface area contributed by atoms with Crippen LogP contribution >= 0.6 is 0 Å². The van der Waals surface area contributed by atoms with Crippen molar-refractivity contribution in [1.29, 1.82) is 0 Å². The first kappa shape index (κ1) is 22.2. The van der Waals surface area contributed by atoms with Crippen molar-refractivity contribution in [2.75, 3.05) is 13.1 Å². The molecule has 9 heteroatoms. The van der Waals surface area contributed by atoms with Crippen LogP contribution in [-0.2, 0) is 4.79 Å². The third kappa shape index (κ3) is 4.22. The number of benzene rings is 2. The summed E-state index contributed by atoms with van der Waals surface area (Å²) in [5.41, 5.74) is 8.60. The fourth-order valence-corrected chi connectivity index (χ4v) is 4.37. The Hall–Kier alpha value is -4.58. The number of primary amides is 1. The van der Waals surface area contributed by atoms with E-state index in [0.29, 0.717) is 41.5 Å². The van der Waals surface area contributed by atoms with E-state index in [9.17, 15) is 14.0 Å². The van der Waals surface area contributed by atoms with Crippen LogP contribution in [0.15, 0.2) is 54.7 Å². The molecule has 0 spiro atoms. The number of ether oxygens (including phenoxy) is 1. The molecule has 35 heavy (non-hydrogen) atoms. The number of nitrogens with one attached hydrogen (secondary N) is 1. The Labute approximate surface area is 200 Å². The van der Waals surface area contributed by atoms with Crippen molar-refractivity contribution in [3.05, 3.63) is 71.8 Å². The van der Waals surface area contributed by atoms with Crippen LogP contribution in [-0.4, -0.2) is 44.4 Å². The highest BCUT2D eigenvalue weighted by Gasteiger charge is 2.31. The first-order valence-electron chi connectivity index (χ1n) is 11.1. The molecule has 5 rings (SSSR count). The highest BCUT2D eigenvalue weighted by molar-refractivity contribution is 5.98. The number of nitrogens with zero attached hydrogens (tertiary/aromatic N) is 3. The van der Waals surface area contributed by atoms with E-state index in [0.717, 1.165) is 12.0 Å². The maximum absolute atomic E-state index is 13.1. The Morgan fingerprint density at radius 2 is 1.83 bits per heavy atom. The lowest BCUT2D eigenvalue weighted by Gasteiger charge is -2.12. The van der Waals surface area contributed by atoms with Gasteiger partial charge >= 0.3 is 0 Å². The number of H-pyrrole nitrogens is 1. The Morgan fingerprint density at radius 1 is 1.14 bits per heavy atom. The summed E-state index contributed by atoms with van der Waals surface area (Å²) < 4.78 is 20.5. The van der Waals surface area contributed by atoms with E-state index in [1.165, 1.54) is 12.1 Å². The summed E-state index contributed by atoms with van der Waals surface area (Å²) in [6.45, 7) is 2.78. The van der Waals surface area contributed by atoms with Crippen LogP contribution in [0.3, 0.4) is 0 Å². The number of likely N-dealkylation sites (tertiary alicyclic amines) is 1. The molecule has 1 unspecified atom stereocenters. The predicted octanol–water partition coefficient (Wildman–Crippen LogP) is 3.70. The van der Waals surface area contributed by atoms with Crippen LogP contribution in [0.4, 0.5) is 4.39 Å². The minimum absolute atomic E-state index is 0.0637. The number of carbonyl (C=O) groups is 2. The number of fused-ring (bicyclic) bond motifs is 1. The van der Waals surface area contributed by atoms with Crippen molar-refractivity contribution < 1.29 is 18.7 Å². The lowest BCUT2D eigenvalue weighted by atomic mass is 10.0. The second kappa shape index (κ2) is 8.99. The number of imidazole rings is 1. The molecule has 2 aromatic heterocycles. The van der Waals surface area contributed by atoms with Crippen molar-refractivity contribution in [2.24, 2.45) is 5.73 Å². The van der Waals surface area contributed by atoms with Crippen LogP contribution < -0.4 is 10.5 Å². The van der Waals surface area contributed by atoms with Gasteiger partial charge in [0.05, 0.1) is 0 Å². The van der Waals surface area contributed by atoms with E-state index in [1.54, 1.807) is 52.7 Å². The van der Waals surface area contributed by atoms with Crippen molar-refractivity contribution in [3.8, 4) is 34.6 Å². The van der Waals surface area contributed by atoms with Crippen LogP contribution in [0.25, 0.3) is 16.9 Å². The fourth-order valence-electron chi connectivity index (χ4n) is 4.37. The molecule has 3 N–H and O–H groups in total. The summed E-state index contributed by atoms with van der Waals surface area (Å²) in [5.74, 6) is 5.21. The zero-order valence-corrected chi connectivity index (χ0v) is 18.9. The molecule has 2 aromatic carbocycles. The number of halogens is 1.